The number of aromatic hydroxyl groups is 2. The quantitative estimate of drug-likeness (QED) is 0.714. The van der Waals surface area contributed by atoms with Crippen LogP contribution < -0.4 is 4.84 Å². The molecule has 2 rings (SSSR count). The molecule has 0 aliphatic heterocycles. The zero-order valence-corrected chi connectivity index (χ0v) is 8.59. The van der Waals surface area contributed by atoms with Crippen molar-refractivity contribution in [3.05, 3.63) is 11.6 Å². The zero-order chi connectivity index (χ0) is 11.7. The summed E-state index contributed by atoms with van der Waals surface area (Å²) < 4.78 is 0.524. The number of nitrogens with zero attached hydrogens (tertiary/aromatic N) is 1. The van der Waals surface area contributed by atoms with E-state index in [1.165, 1.54) is 6.07 Å². The summed E-state index contributed by atoms with van der Waals surface area (Å²) >= 11 is 0. The van der Waals surface area contributed by atoms with Gasteiger partial charge in [-0.3, -0.25) is 4.84 Å². The molecule has 0 spiro atoms. The van der Waals surface area contributed by atoms with Crippen LogP contribution >= 0.6 is 0 Å². The van der Waals surface area contributed by atoms with Gasteiger partial charge in [0, 0.05) is 11.6 Å². The molecule has 0 saturated heterocycles. The van der Waals surface area contributed by atoms with Crippen LogP contribution in [0.25, 0.3) is 0 Å². The summed E-state index contributed by atoms with van der Waals surface area (Å²) in [5.74, 6) is -0.557. The molecule has 0 unspecified atom stereocenters. The van der Waals surface area contributed by atoms with E-state index >= 15 is 0 Å². The zero-order valence-electron chi connectivity index (χ0n) is 8.59. The molecule has 6 heteroatoms. The van der Waals surface area contributed by atoms with Gasteiger partial charge in [-0.2, -0.15) is 0 Å². The molecular weight excluding hydrogens is 214 g/mol. The van der Waals surface area contributed by atoms with Crippen LogP contribution in [0.15, 0.2) is 6.07 Å². The average Bonchev–Trinajstić information content (AvgIpc) is 2.80. The van der Waals surface area contributed by atoms with Crippen molar-refractivity contribution in [1.82, 2.24) is 4.73 Å². The lowest BCUT2D eigenvalue weighted by Gasteiger charge is -2.07. The van der Waals surface area contributed by atoms with Gasteiger partial charge in [0.25, 0.3) is 0 Å². The van der Waals surface area contributed by atoms with Crippen LogP contribution in [0.5, 0.6) is 11.8 Å². The van der Waals surface area contributed by atoms with Crippen LogP contribution in [-0.4, -0.2) is 26.2 Å². The van der Waals surface area contributed by atoms with Gasteiger partial charge in [-0.25, -0.2) is 4.79 Å². The first kappa shape index (κ1) is 10.7. The SMILES string of the molecule is O=C(O)On1c(O)cc(C2CCCC2)c1O. The van der Waals surface area contributed by atoms with Crippen molar-refractivity contribution in [2.75, 3.05) is 0 Å². The summed E-state index contributed by atoms with van der Waals surface area (Å²) in [4.78, 5) is 14.6. The van der Waals surface area contributed by atoms with Gasteiger partial charge in [-0.05, 0) is 18.8 Å². The van der Waals surface area contributed by atoms with E-state index in [-0.39, 0.29) is 11.8 Å². The molecule has 1 aromatic rings. The molecule has 1 fully saturated rings. The van der Waals surface area contributed by atoms with Crippen molar-refractivity contribution in [2.45, 2.75) is 31.6 Å². The van der Waals surface area contributed by atoms with Crippen molar-refractivity contribution in [2.24, 2.45) is 0 Å². The first-order valence-electron chi connectivity index (χ1n) is 5.14. The van der Waals surface area contributed by atoms with E-state index in [0.717, 1.165) is 25.7 Å². The summed E-state index contributed by atoms with van der Waals surface area (Å²) in [6.45, 7) is 0. The molecular formula is C10H13NO5. The van der Waals surface area contributed by atoms with Crippen LogP contribution in [0.4, 0.5) is 4.79 Å². The van der Waals surface area contributed by atoms with Crippen LogP contribution in [0.3, 0.4) is 0 Å². The first-order valence-corrected chi connectivity index (χ1v) is 5.14. The summed E-state index contributed by atoms with van der Waals surface area (Å²) in [5.41, 5.74) is 0.552. The summed E-state index contributed by atoms with van der Waals surface area (Å²) in [6, 6.07) is 1.36. The lowest BCUT2D eigenvalue weighted by Crippen LogP contribution is -2.16. The first-order chi connectivity index (χ1) is 7.59. The Balaban J connectivity index is 2.30. The summed E-state index contributed by atoms with van der Waals surface area (Å²) in [7, 11) is 0. The second-order valence-corrected chi connectivity index (χ2v) is 3.91. The maximum Gasteiger partial charge on any atom is 0.531 e. The van der Waals surface area contributed by atoms with E-state index in [2.05, 4.69) is 4.84 Å². The molecule has 1 heterocycles. The van der Waals surface area contributed by atoms with Gasteiger partial charge in [0.2, 0.25) is 11.8 Å². The average molecular weight is 227 g/mol. The van der Waals surface area contributed by atoms with Gasteiger partial charge in [-0.1, -0.05) is 12.8 Å². The molecule has 88 valence electrons. The number of aromatic nitrogens is 1. The van der Waals surface area contributed by atoms with Crippen LogP contribution in [-0.2, 0) is 0 Å². The monoisotopic (exact) mass is 227 g/mol. The number of rotatable bonds is 2. The number of hydrogen-bond acceptors (Lipinski definition) is 4. The van der Waals surface area contributed by atoms with Crippen molar-refractivity contribution in [3.8, 4) is 11.8 Å². The maximum atomic E-state index is 10.3. The second kappa shape index (κ2) is 3.96. The molecule has 0 amide bonds. The predicted octanol–water partition coefficient (Wildman–Crippen LogP) is 1.66. The van der Waals surface area contributed by atoms with Gasteiger partial charge < -0.3 is 15.3 Å². The molecule has 1 aliphatic carbocycles. The van der Waals surface area contributed by atoms with Crippen molar-refractivity contribution >= 4 is 6.16 Å². The van der Waals surface area contributed by atoms with E-state index < -0.39 is 12.0 Å². The lowest BCUT2D eigenvalue weighted by molar-refractivity contribution is 0.0641. The van der Waals surface area contributed by atoms with Gasteiger partial charge in [-0.15, -0.1) is 4.73 Å². The molecule has 1 saturated carbocycles. The van der Waals surface area contributed by atoms with Gasteiger partial charge >= 0.3 is 6.16 Å². The van der Waals surface area contributed by atoms with E-state index in [4.69, 9.17) is 5.11 Å². The third kappa shape index (κ3) is 1.78. The Bertz CT molecular complexity index is 406. The standard InChI is InChI=1S/C10H13NO5/c12-8-5-7(6-3-1-2-4-6)9(13)11(8)16-10(14)15/h5-6,12-13H,1-4H2,(H,14,15). The van der Waals surface area contributed by atoms with E-state index in [1.54, 1.807) is 0 Å². The highest BCUT2D eigenvalue weighted by Gasteiger charge is 2.26. The minimum absolute atomic E-state index is 0.171. The Morgan fingerprint density at radius 1 is 1.38 bits per heavy atom. The number of hydrogen-bond donors (Lipinski definition) is 3. The fourth-order valence-electron chi connectivity index (χ4n) is 2.19. The van der Waals surface area contributed by atoms with E-state index in [0.29, 0.717) is 10.3 Å². The van der Waals surface area contributed by atoms with E-state index in [1.807, 2.05) is 0 Å². The fraction of sp³-hybridized carbons (Fsp3) is 0.500. The van der Waals surface area contributed by atoms with Crippen molar-refractivity contribution in [3.63, 3.8) is 0 Å². The summed E-state index contributed by atoms with van der Waals surface area (Å²) in [5, 5.41) is 27.6. The molecule has 0 radical (unpaired) electrons. The maximum absolute atomic E-state index is 10.3. The van der Waals surface area contributed by atoms with Gasteiger partial charge in [0.05, 0.1) is 0 Å². The molecule has 16 heavy (non-hydrogen) atoms. The summed E-state index contributed by atoms with van der Waals surface area (Å²) in [6.07, 6.45) is 2.44. The molecule has 0 atom stereocenters. The lowest BCUT2D eigenvalue weighted by atomic mass is 10.0. The van der Waals surface area contributed by atoms with E-state index in [9.17, 15) is 15.0 Å². The van der Waals surface area contributed by atoms with Crippen LogP contribution in [0.1, 0.15) is 37.2 Å². The fourth-order valence-corrected chi connectivity index (χ4v) is 2.19. The Hall–Kier alpha value is -1.85. The molecule has 3 N–H and O–H groups in total. The largest absolute Gasteiger partial charge is 0.531 e. The smallest absolute Gasteiger partial charge is 0.492 e. The highest BCUT2D eigenvalue weighted by atomic mass is 16.8. The molecule has 0 aromatic carbocycles. The normalized spacial score (nSPS) is 16.5. The number of carboxylic acid groups (broad SMARTS) is 1. The molecule has 0 bridgehead atoms. The second-order valence-electron chi connectivity index (χ2n) is 3.91. The third-order valence-corrected chi connectivity index (χ3v) is 2.91. The molecule has 1 aliphatic rings. The van der Waals surface area contributed by atoms with Crippen molar-refractivity contribution in [1.29, 1.82) is 0 Å². The molecule has 6 nitrogen and oxygen atoms in total. The van der Waals surface area contributed by atoms with Crippen LogP contribution in [0.2, 0.25) is 0 Å². The minimum Gasteiger partial charge on any atom is -0.492 e. The Kier molecular flexibility index (Phi) is 2.64. The van der Waals surface area contributed by atoms with Gasteiger partial charge in [0.1, 0.15) is 0 Å². The topological polar surface area (TPSA) is 91.9 Å². The third-order valence-electron chi connectivity index (χ3n) is 2.91. The van der Waals surface area contributed by atoms with Crippen molar-refractivity contribution < 1.29 is 25.0 Å². The highest BCUT2D eigenvalue weighted by molar-refractivity contribution is 5.58. The Morgan fingerprint density at radius 2 is 2.00 bits per heavy atom. The minimum atomic E-state index is -1.58. The predicted molar refractivity (Wildman–Crippen MR) is 53.6 cm³/mol. The Labute approximate surface area is 91.6 Å². The molecule has 1 aromatic heterocycles. The van der Waals surface area contributed by atoms with Gasteiger partial charge in [0.15, 0.2) is 0 Å². The Morgan fingerprint density at radius 3 is 2.56 bits per heavy atom. The highest BCUT2D eigenvalue weighted by Crippen LogP contribution is 2.41. The van der Waals surface area contributed by atoms with Crippen LogP contribution in [0, 0.1) is 0 Å². The number of carbonyl (C=O) groups is 1.